The van der Waals surface area contributed by atoms with Gasteiger partial charge in [-0.1, -0.05) is 19.3 Å². The number of carbonyl (C=O) groups excluding carboxylic acids is 6. The van der Waals surface area contributed by atoms with E-state index in [0.717, 1.165) is 19.3 Å². The van der Waals surface area contributed by atoms with Crippen molar-refractivity contribution >= 4 is 35.7 Å². The molecule has 0 aromatic heterocycles. The van der Waals surface area contributed by atoms with Gasteiger partial charge in [-0.25, -0.2) is 9.59 Å². The van der Waals surface area contributed by atoms with Crippen molar-refractivity contribution in [3.63, 3.8) is 0 Å². The molecule has 12 nitrogen and oxygen atoms in total. The van der Waals surface area contributed by atoms with Crippen LogP contribution in [-0.4, -0.2) is 74.2 Å². The first-order valence-corrected chi connectivity index (χ1v) is 13.9. The van der Waals surface area contributed by atoms with Gasteiger partial charge in [-0.15, -0.1) is 0 Å². The van der Waals surface area contributed by atoms with E-state index in [1.807, 2.05) is 0 Å². The average molecular weight is 559 g/mol. The van der Waals surface area contributed by atoms with Gasteiger partial charge in [0.25, 0.3) is 0 Å². The van der Waals surface area contributed by atoms with Crippen molar-refractivity contribution in [2.45, 2.75) is 110 Å². The van der Waals surface area contributed by atoms with E-state index in [1.165, 1.54) is 0 Å². The molecular weight excluding hydrogens is 512 g/mol. The normalized spacial score (nSPS) is 12.0. The van der Waals surface area contributed by atoms with E-state index in [0.29, 0.717) is 12.8 Å². The van der Waals surface area contributed by atoms with Crippen LogP contribution in [0.15, 0.2) is 0 Å². The lowest BCUT2D eigenvalue weighted by molar-refractivity contribution is -0.149. The molecule has 12 heteroatoms. The standard InChI is InChI=1S/C27H46N2O10/c1-5-36-24(32)18-16-20(26(34)38-7-3)28-22(30)14-12-10-9-11-13-15-23(31)29-21(27(35)39-8-4)17-19-25(33)37-6-2/h20-21H,5-19H2,1-4H3,(H,28,30)(H,29,31)/t20-,21-/m1/s1. The number of nitrogens with one attached hydrogen (secondary N) is 2. The largest absolute Gasteiger partial charge is 0.466 e. The molecule has 0 fully saturated rings. The first kappa shape index (κ1) is 35.8. The number of unbranched alkanes of at least 4 members (excludes halogenated alkanes) is 4. The Balaban J connectivity index is 4.32. The topological polar surface area (TPSA) is 163 Å². The van der Waals surface area contributed by atoms with E-state index >= 15 is 0 Å². The summed E-state index contributed by atoms with van der Waals surface area (Å²) in [5.41, 5.74) is 0. The summed E-state index contributed by atoms with van der Waals surface area (Å²) >= 11 is 0. The Morgan fingerprint density at radius 3 is 1.15 bits per heavy atom. The minimum atomic E-state index is -0.906. The summed E-state index contributed by atoms with van der Waals surface area (Å²) in [7, 11) is 0. The number of ether oxygens (including phenoxy) is 4. The Kier molecular flexibility index (Phi) is 20.9. The van der Waals surface area contributed by atoms with Crippen molar-refractivity contribution in [1.29, 1.82) is 0 Å². The molecule has 0 aliphatic rings. The van der Waals surface area contributed by atoms with E-state index in [1.54, 1.807) is 27.7 Å². The molecule has 0 aliphatic carbocycles. The highest BCUT2D eigenvalue weighted by Crippen LogP contribution is 2.10. The van der Waals surface area contributed by atoms with Crippen LogP contribution in [0.25, 0.3) is 0 Å². The summed E-state index contributed by atoms with van der Waals surface area (Å²) in [6.45, 7) is 7.52. The van der Waals surface area contributed by atoms with Gasteiger partial charge in [0.2, 0.25) is 11.8 Å². The lowest BCUT2D eigenvalue weighted by Crippen LogP contribution is -2.42. The predicted molar refractivity (Wildman–Crippen MR) is 141 cm³/mol. The number of hydrogen-bond acceptors (Lipinski definition) is 10. The summed E-state index contributed by atoms with van der Waals surface area (Å²) in [5.74, 6) is -2.65. The maximum atomic E-state index is 12.3. The van der Waals surface area contributed by atoms with Gasteiger partial charge >= 0.3 is 23.9 Å². The molecule has 2 amide bonds. The summed E-state index contributed by atoms with van der Waals surface area (Å²) in [6, 6.07) is -1.81. The fourth-order valence-electron chi connectivity index (χ4n) is 3.61. The van der Waals surface area contributed by atoms with Crippen LogP contribution < -0.4 is 10.6 Å². The molecule has 0 radical (unpaired) electrons. The van der Waals surface area contributed by atoms with Crippen LogP contribution in [0, 0.1) is 0 Å². The number of rotatable bonds is 22. The van der Waals surface area contributed by atoms with Gasteiger partial charge in [0.15, 0.2) is 0 Å². The summed E-state index contributed by atoms with van der Waals surface area (Å²) in [6.07, 6.45) is 4.16. The molecular formula is C27H46N2O10. The highest BCUT2D eigenvalue weighted by molar-refractivity contribution is 5.85. The van der Waals surface area contributed by atoms with E-state index in [4.69, 9.17) is 18.9 Å². The molecule has 0 saturated heterocycles. The summed E-state index contributed by atoms with van der Waals surface area (Å²) < 4.78 is 19.7. The van der Waals surface area contributed by atoms with Gasteiger partial charge in [0, 0.05) is 25.7 Å². The van der Waals surface area contributed by atoms with Crippen molar-refractivity contribution in [3.05, 3.63) is 0 Å². The van der Waals surface area contributed by atoms with Crippen molar-refractivity contribution < 1.29 is 47.7 Å². The molecule has 0 rings (SSSR count). The monoisotopic (exact) mass is 558 g/mol. The van der Waals surface area contributed by atoms with Gasteiger partial charge < -0.3 is 29.6 Å². The average Bonchev–Trinajstić information content (AvgIpc) is 2.88. The molecule has 2 atom stereocenters. The third-order valence-corrected chi connectivity index (χ3v) is 5.51. The van der Waals surface area contributed by atoms with Crippen LogP contribution in [0.5, 0.6) is 0 Å². The van der Waals surface area contributed by atoms with Gasteiger partial charge in [0.1, 0.15) is 12.1 Å². The maximum absolute atomic E-state index is 12.3. The number of hydrogen-bond donors (Lipinski definition) is 2. The molecule has 39 heavy (non-hydrogen) atoms. The minimum absolute atomic E-state index is 0.00287. The van der Waals surface area contributed by atoms with Gasteiger partial charge in [0.05, 0.1) is 26.4 Å². The molecule has 0 aromatic carbocycles. The van der Waals surface area contributed by atoms with Crippen molar-refractivity contribution in [3.8, 4) is 0 Å². The zero-order chi connectivity index (χ0) is 29.5. The van der Waals surface area contributed by atoms with Crippen LogP contribution in [0.4, 0.5) is 0 Å². The molecule has 0 aromatic rings. The second-order valence-corrected chi connectivity index (χ2v) is 8.70. The zero-order valence-corrected chi connectivity index (χ0v) is 23.8. The minimum Gasteiger partial charge on any atom is -0.466 e. The molecule has 0 unspecified atom stereocenters. The Labute approximate surface area is 231 Å². The molecule has 0 heterocycles. The van der Waals surface area contributed by atoms with Crippen LogP contribution in [0.2, 0.25) is 0 Å². The quantitative estimate of drug-likeness (QED) is 0.115. The SMILES string of the molecule is CCOC(=O)CC[C@@H](NC(=O)CCCCCCCC(=O)N[C@H](CCC(=O)OCC)C(=O)OCC)C(=O)OCC. The predicted octanol–water partition coefficient (Wildman–Crippen LogP) is 2.50. The Morgan fingerprint density at radius 2 is 0.821 bits per heavy atom. The summed E-state index contributed by atoms with van der Waals surface area (Å²) in [4.78, 5) is 72.0. The number of amides is 2. The Hall–Kier alpha value is -3.18. The summed E-state index contributed by atoms with van der Waals surface area (Å²) in [5, 5.41) is 5.27. The molecule has 0 aliphatic heterocycles. The van der Waals surface area contributed by atoms with Crippen LogP contribution in [0.1, 0.15) is 98.3 Å². The second-order valence-electron chi connectivity index (χ2n) is 8.70. The molecule has 2 N–H and O–H groups in total. The van der Waals surface area contributed by atoms with Gasteiger partial charge in [-0.05, 0) is 53.4 Å². The highest BCUT2D eigenvalue weighted by atomic mass is 16.5. The first-order chi connectivity index (χ1) is 18.7. The van der Waals surface area contributed by atoms with Crippen LogP contribution in [0.3, 0.4) is 0 Å². The lowest BCUT2D eigenvalue weighted by Gasteiger charge is -2.17. The van der Waals surface area contributed by atoms with Crippen molar-refractivity contribution in [2.75, 3.05) is 26.4 Å². The molecule has 0 saturated carbocycles. The van der Waals surface area contributed by atoms with Crippen molar-refractivity contribution in [2.24, 2.45) is 0 Å². The molecule has 224 valence electrons. The van der Waals surface area contributed by atoms with Gasteiger partial charge in [-0.2, -0.15) is 0 Å². The van der Waals surface area contributed by atoms with Gasteiger partial charge in [-0.3, -0.25) is 19.2 Å². The number of esters is 4. The van der Waals surface area contributed by atoms with E-state index in [9.17, 15) is 28.8 Å². The maximum Gasteiger partial charge on any atom is 0.328 e. The highest BCUT2D eigenvalue weighted by Gasteiger charge is 2.24. The smallest absolute Gasteiger partial charge is 0.328 e. The Morgan fingerprint density at radius 1 is 0.487 bits per heavy atom. The van der Waals surface area contributed by atoms with E-state index in [-0.39, 0.29) is 76.8 Å². The third-order valence-electron chi connectivity index (χ3n) is 5.51. The van der Waals surface area contributed by atoms with Crippen LogP contribution >= 0.6 is 0 Å². The fraction of sp³-hybridized carbons (Fsp3) is 0.778. The van der Waals surface area contributed by atoms with Crippen molar-refractivity contribution in [1.82, 2.24) is 10.6 Å². The fourth-order valence-corrected chi connectivity index (χ4v) is 3.61. The Bertz CT molecular complexity index is 710. The molecule has 0 bridgehead atoms. The molecule has 0 spiro atoms. The zero-order valence-electron chi connectivity index (χ0n) is 23.8. The second kappa shape index (κ2) is 22.8. The first-order valence-electron chi connectivity index (χ1n) is 13.9. The number of carbonyl (C=O) groups is 6. The van der Waals surface area contributed by atoms with Crippen LogP contribution in [-0.2, 0) is 47.7 Å². The van der Waals surface area contributed by atoms with E-state index in [2.05, 4.69) is 10.6 Å². The third kappa shape index (κ3) is 18.7. The van der Waals surface area contributed by atoms with E-state index < -0.39 is 36.0 Å². The lowest BCUT2D eigenvalue weighted by atomic mass is 10.1.